The zero-order valence-corrected chi connectivity index (χ0v) is 10.3. The minimum absolute atomic E-state index is 0.348. The molecule has 1 aliphatic heterocycles. The Morgan fingerprint density at radius 3 is 2.82 bits per heavy atom. The van der Waals surface area contributed by atoms with Gasteiger partial charge in [0.25, 0.3) is 0 Å². The summed E-state index contributed by atoms with van der Waals surface area (Å²) in [6.45, 7) is 1.78. The first kappa shape index (κ1) is 12.2. The highest BCUT2D eigenvalue weighted by atomic mass is 32.2. The molecule has 1 aliphatic rings. The Balaban J connectivity index is 2.26. The lowest BCUT2D eigenvalue weighted by molar-refractivity contribution is -0.141. The van der Waals surface area contributed by atoms with Gasteiger partial charge in [0.2, 0.25) is 0 Å². The molecule has 1 unspecified atom stereocenters. The predicted octanol–water partition coefficient (Wildman–Crippen LogP) is 2.51. The second-order valence-electron chi connectivity index (χ2n) is 4.33. The SMILES string of the molecule is Cc1cc(F)cc(NC2(C(=O)O)CCSC2)c1. The molecule has 1 saturated heterocycles. The molecule has 0 bridgehead atoms. The average Bonchev–Trinajstić information content (AvgIpc) is 2.65. The van der Waals surface area contributed by atoms with E-state index in [0.29, 0.717) is 17.9 Å². The highest BCUT2D eigenvalue weighted by Crippen LogP contribution is 2.32. The van der Waals surface area contributed by atoms with Gasteiger partial charge in [0, 0.05) is 11.4 Å². The molecule has 0 aromatic heterocycles. The van der Waals surface area contributed by atoms with Gasteiger partial charge < -0.3 is 10.4 Å². The summed E-state index contributed by atoms with van der Waals surface area (Å²) in [6.07, 6.45) is 0.558. The number of benzene rings is 1. The van der Waals surface area contributed by atoms with Gasteiger partial charge in [0.15, 0.2) is 0 Å². The van der Waals surface area contributed by atoms with E-state index in [9.17, 15) is 14.3 Å². The van der Waals surface area contributed by atoms with Crippen LogP contribution in [0.3, 0.4) is 0 Å². The molecule has 5 heteroatoms. The number of aliphatic carboxylic acids is 1. The Morgan fingerprint density at radius 2 is 2.29 bits per heavy atom. The first-order valence-electron chi connectivity index (χ1n) is 5.38. The fourth-order valence-corrected chi connectivity index (χ4v) is 3.30. The van der Waals surface area contributed by atoms with Crippen molar-refractivity contribution in [2.45, 2.75) is 18.9 Å². The summed E-state index contributed by atoms with van der Waals surface area (Å²) in [6, 6.07) is 4.51. The highest BCUT2D eigenvalue weighted by molar-refractivity contribution is 7.99. The van der Waals surface area contributed by atoms with Gasteiger partial charge in [-0.2, -0.15) is 11.8 Å². The molecule has 0 spiro atoms. The lowest BCUT2D eigenvalue weighted by atomic mass is 9.98. The summed E-state index contributed by atoms with van der Waals surface area (Å²) in [5.74, 6) is 0.106. The van der Waals surface area contributed by atoms with Gasteiger partial charge in [0.1, 0.15) is 11.4 Å². The summed E-state index contributed by atoms with van der Waals surface area (Å²) >= 11 is 1.60. The number of rotatable bonds is 3. The molecule has 0 aliphatic carbocycles. The molecule has 0 amide bonds. The third-order valence-electron chi connectivity index (χ3n) is 2.86. The number of carboxylic acid groups (broad SMARTS) is 1. The monoisotopic (exact) mass is 255 g/mol. The van der Waals surface area contributed by atoms with Gasteiger partial charge in [-0.1, -0.05) is 0 Å². The Bertz CT molecular complexity index is 424. The molecular formula is C12H14FNO2S. The molecule has 2 rings (SSSR count). The van der Waals surface area contributed by atoms with Gasteiger partial charge in [-0.05, 0) is 42.9 Å². The van der Waals surface area contributed by atoms with Crippen LogP contribution >= 0.6 is 11.8 Å². The number of halogens is 1. The van der Waals surface area contributed by atoms with Crippen LogP contribution in [0.4, 0.5) is 10.1 Å². The highest BCUT2D eigenvalue weighted by Gasteiger charge is 2.41. The van der Waals surface area contributed by atoms with Crippen LogP contribution in [0.15, 0.2) is 18.2 Å². The molecule has 1 fully saturated rings. The smallest absolute Gasteiger partial charge is 0.330 e. The van der Waals surface area contributed by atoms with Crippen LogP contribution in [-0.2, 0) is 4.79 Å². The molecule has 1 aromatic carbocycles. The van der Waals surface area contributed by atoms with E-state index < -0.39 is 11.5 Å². The summed E-state index contributed by atoms with van der Waals surface area (Å²) < 4.78 is 13.2. The summed E-state index contributed by atoms with van der Waals surface area (Å²) in [4.78, 5) is 11.3. The second kappa shape index (κ2) is 4.56. The first-order chi connectivity index (χ1) is 8.02. The normalized spacial score (nSPS) is 23.6. The van der Waals surface area contributed by atoms with Crippen molar-refractivity contribution in [1.82, 2.24) is 0 Å². The van der Waals surface area contributed by atoms with Crippen LogP contribution in [0.25, 0.3) is 0 Å². The molecule has 92 valence electrons. The Labute approximate surface area is 103 Å². The first-order valence-corrected chi connectivity index (χ1v) is 6.54. The van der Waals surface area contributed by atoms with Crippen LogP contribution in [0.5, 0.6) is 0 Å². The maximum absolute atomic E-state index is 13.2. The number of carboxylic acids is 1. The molecule has 1 heterocycles. The van der Waals surface area contributed by atoms with Crippen LogP contribution in [0.1, 0.15) is 12.0 Å². The average molecular weight is 255 g/mol. The van der Waals surface area contributed by atoms with Crippen LogP contribution in [-0.4, -0.2) is 28.1 Å². The molecule has 0 saturated carbocycles. The molecule has 3 nitrogen and oxygen atoms in total. The molecule has 0 radical (unpaired) electrons. The maximum atomic E-state index is 13.2. The number of aryl methyl sites for hydroxylation is 1. The van der Waals surface area contributed by atoms with Crippen LogP contribution < -0.4 is 5.32 Å². The van der Waals surface area contributed by atoms with Gasteiger partial charge in [-0.3, -0.25) is 0 Å². The Kier molecular flexibility index (Phi) is 3.28. The standard InChI is InChI=1S/C12H14FNO2S/c1-8-4-9(13)6-10(5-8)14-12(11(15)16)2-3-17-7-12/h4-6,14H,2-3,7H2,1H3,(H,15,16). The lowest BCUT2D eigenvalue weighted by Crippen LogP contribution is -2.46. The lowest BCUT2D eigenvalue weighted by Gasteiger charge is -2.26. The van der Waals surface area contributed by atoms with Crippen LogP contribution in [0.2, 0.25) is 0 Å². The summed E-state index contributed by atoms with van der Waals surface area (Å²) in [7, 11) is 0. The van der Waals surface area contributed by atoms with Crippen molar-refractivity contribution in [3.63, 3.8) is 0 Å². The topological polar surface area (TPSA) is 49.3 Å². The molecule has 1 aromatic rings. The zero-order chi connectivity index (χ0) is 12.5. The minimum Gasteiger partial charge on any atom is -0.479 e. The van der Waals surface area contributed by atoms with E-state index in [-0.39, 0.29) is 5.82 Å². The van der Waals surface area contributed by atoms with Gasteiger partial charge in [0.05, 0.1) is 0 Å². The van der Waals surface area contributed by atoms with Crippen molar-refractivity contribution >= 4 is 23.4 Å². The van der Waals surface area contributed by atoms with Crippen molar-refractivity contribution in [3.8, 4) is 0 Å². The third-order valence-corrected chi connectivity index (χ3v) is 4.05. The molecular weight excluding hydrogens is 241 g/mol. The largest absolute Gasteiger partial charge is 0.479 e. The number of hydrogen-bond acceptors (Lipinski definition) is 3. The summed E-state index contributed by atoms with van der Waals surface area (Å²) in [5, 5.41) is 12.3. The van der Waals surface area contributed by atoms with E-state index in [1.165, 1.54) is 12.1 Å². The van der Waals surface area contributed by atoms with Crippen molar-refractivity contribution in [2.24, 2.45) is 0 Å². The molecule has 1 atom stereocenters. The Morgan fingerprint density at radius 1 is 1.53 bits per heavy atom. The predicted molar refractivity (Wildman–Crippen MR) is 67.1 cm³/mol. The number of anilines is 1. The van der Waals surface area contributed by atoms with Crippen molar-refractivity contribution in [3.05, 3.63) is 29.6 Å². The van der Waals surface area contributed by atoms with Crippen molar-refractivity contribution in [1.29, 1.82) is 0 Å². The zero-order valence-electron chi connectivity index (χ0n) is 9.50. The quantitative estimate of drug-likeness (QED) is 0.871. The fourth-order valence-electron chi connectivity index (χ4n) is 1.97. The van der Waals surface area contributed by atoms with Gasteiger partial charge in [-0.15, -0.1) is 0 Å². The number of nitrogens with one attached hydrogen (secondary N) is 1. The minimum atomic E-state index is -0.953. The summed E-state index contributed by atoms with van der Waals surface area (Å²) in [5.41, 5.74) is 0.358. The second-order valence-corrected chi connectivity index (χ2v) is 5.44. The maximum Gasteiger partial charge on any atom is 0.330 e. The van der Waals surface area contributed by atoms with E-state index in [0.717, 1.165) is 11.3 Å². The molecule has 17 heavy (non-hydrogen) atoms. The van der Waals surface area contributed by atoms with Crippen molar-refractivity contribution in [2.75, 3.05) is 16.8 Å². The van der Waals surface area contributed by atoms with E-state index in [4.69, 9.17) is 0 Å². The number of thioether (sulfide) groups is 1. The number of carbonyl (C=O) groups is 1. The third kappa shape index (κ3) is 2.54. The van der Waals surface area contributed by atoms with Crippen molar-refractivity contribution < 1.29 is 14.3 Å². The fraction of sp³-hybridized carbons (Fsp3) is 0.417. The van der Waals surface area contributed by atoms with E-state index in [1.54, 1.807) is 24.8 Å². The van der Waals surface area contributed by atoms with Gasteiger partial charge in [-0.25, -0.2) is 9.18 Å². The van der Waals surface area contributed by atoms with Crippen LogP contribution in [0, 0.1) is 12.7 Å². The van der Waals surface area contributed by atoms with E-state index >= 15 is 0 Å². The van der Waals surface area contributed by atoms with E-state index in [1.807, 2.05) is 0 Å². The Hall–Kier alpha value is -1.23. The van der Waals surface area contributed by atoms with E-state index in [2.05, 4.69) is 5.32 Å². The number of hydrogen-bond donors (Lipinski definition) is 2. The van der Waals surface area contributed by atoms with Gasteiger partial charge >= 0.3 is 5.97 Å². The molecule has 2 N–H and O–H groups in total.